The molecule has 2 aliphatic heterocycles. The fourth-order valence-corrected chi connectivity index (χ4v) is 5.02. The van der Waals surface area contributed by atoms with Gasteiger partial charge in [-0.05, 0) is 50.3 Å². The highest BCUT2D eigenvalue weighted by atomic mass is 19.4. The van der Waals surface area contributed by atoms with Gasteiger partial charge in [0.25, 0.3) is 5.91 Å². The van der Waals surface area contributed by atoms with Crippen LogP contribution in [-0.2, 0) is 15.8 Å². The molecule has 1 aromatic carbocycles. The van der Waals surface area contributed by atoms with Crippen LogP contribution in [0.1, 0.15) is 63.4 Å². The lowest BCUT2D eigenvalue weighted by Gasteiger charge is -2.31. The third-order valence-corrected chi connectivity index (χ3v) is 6.81. The lowest BCUT2D eigenvalue weighted by molar-refractivity contribution is -0.137. The van der Waals surface area contributed by atoms with Gasteiger partial charge in [0.1, 0.15) is 5.54 Å². The molecule has 10 heteroatoms. The SMILES string of the molecule is O=C(CCN1C(=O)NC2(CCCCC2)C1=O)Nc1cc(C(F)(F)F)ccc1N1CCCCC1. The largest absolute Gasteiger partial charge is 0.416 e. The van der Waals surface area contributed by atoms with Crippen LogP contribution in [0.4, 0.5) is 29.3 Å². The number of hydrogen-bond donors (Lipinski definition) is 2. The molecule has 33 heavy (non-hydrogen) atoms. The average Bonchev–Trinajstić information content (AvgIpc) is 3.01. The number of anilines is 2. The third kappa shape index (κ3) is 4.94. The summed E-state index contributed by atoms with van der Waals surface area (Å²) in [5.41, 5.74) is -1.06. The number of amides is 4. The predicted molar refractivity (Wildman–Crippen MR) is 117 cm³/mol. The molecule has 2 heterocycles. The van der Waals surface area contributed by atoms with Gasteiger partial charge in [-0.15, -0.1) is 0 Å². The molecule has 3 fully saturated rings. The topological polar surface area (TPSA) is 81.8 Å². The Kier molecular flexibility index (Phi) is 6.54. The van der Waals surface area contributed by atoms with Crippen molar-refractivity contribution >= 4 is 29.2 Å². The standard InChI is InChI=1S/C23H29F3N4O3/c24-23(25,26)16-7-8-18(29-12-5-2-6-13-29)17(15-16)27-19(31)9-14-30-20(32)22(28-21(30)33)10-3-1-4-11-22/h7-8,15H,1-6,9-14H2,(H,27,31)(H,28,33). The molecule has 1 aliphatic carbocycles. The Morgan fingerprint density at radius 2 is 1.70 bits per heavy atom. The summed E-state index contributed by atoms with van der Waals surface area (Å²) in [5, 5.41) is 5.39. The quantitative estimate of drug-likeness (QED) is 0.635. The number of nitrogens with one attached hydrogen (secondary N) is 2. The van der Waals surface area contributed by atoms with E-state index in [2.05, 4.69) is 10.6 Å². The number of carbonyl (C=O) groups excluding carboxylic acids is 3. The maximum absolute atomic E-state index is 13.3. The Hall–Kier alpha value is -2.78. The van der Waals surface area contributed by atoms with Gasteiger partial charge in [0, 0.05) is 26.1 Å². The third-order valence-electron chi connectivity index (χ3n) is 6.81. The number of piperidine rings is 1. The molecule has 2 saturated heterocycles. The number of imide groups is 1. The first-order valence-electron chi connectivity index (χ1n) is 11.6. The summed E-state index contributed by atoms with van der Waals surface area (Å²) in [7, 11) is 0. The van der Waals surface area contributed by atoms with Crippen LogP contribution in [0.15, 0.2) is 18.2 Å². The van der Waals surface area contributed by atoms with Crippen molar-refractivity contribution in [2.45, 2.75) is 69.5 Å². The number of urea groups is 1. The zero-order valence-corrected chi connectivity index (χ0v) is 18.5. The molecule has 0 radical (unpaired) electrons. The van der Waals surface area contributed by atoms with Gasteiger partial charge < -0.3 is 15.5 Å². The molecule has 1 saturated carbocycles. The van der Waals surface area contributed by atoms with Crippen molar-refractivity contribution in [1.82, 2.24) is 10.2 Å². The van der Waals surface area contributed by atoms with Gasteiger partial charge >= 0.3 is 12.2 Å². The van der Waals surface area contributed by atoms with Gasteiger partial charge in [-0.2, -0.15) is 13.2 Å². The molecule has 180 valence electrons. The van der Waals surface area contributed by atoms with Crippen LogP contribution in [0.25, 0.3) is 0 Å². The summed E-state index contributed by atoms with van der Waals surface area (Å²) in [6.07, 6.45) is 2.11. The van der Waals surface area contributed by atoms with Crippen molar-refractivity contribution in [2.75, 3.05) is 29.9 Å². The number of carbonyl (C=O) groups is 3. The van der Waals surface area contributed by atoms with Gasteiger partial charge in [0.2, 0.25) is 5.91 Å². The van der Waals surface area contributed by atoms with Gasteiger partial charge in [0.15, 0.2) is 0 Å². The second kappa shape index (κ2) is 9.23. The maximum atomic E-state index is 13.3. The minimum atomic E-state index is -4.53. The molecule has 0 aromatic heterocycles. The highest BCUT2D eigenvalue weighted by Gasteiger charge is 2.51. The minimum absolute atomic E-state index is 0.0951. The van der Waals surface area contributed by atoms with Crippen molar-refractivity contribution in [1.29, 1.82) is 0 Å². The molecule has 1 aromatic rings. The van der Waals surface area contributed by atoms with E-state index in [4.69, 9.17) is 0 Å². The Labute approximate surface area is 190 Å². The number of halogens is 3. The van der Waals surface area contributed by atoms with E-state index >= 15 is 0 Å². The van der Waals surface area contributed by atoms with Crippen molar-refractivity contribution in [3.63, 3.8) is 0 Å². The molecule has 7 nitrogen and oxygen atoms in total. The first kappa shape index (κ1) is 23.4. The summed E-state index contributed by atoms with van der Waals surface area (Å²) < 4.78 is 39.8. The summed E-state index contributed by atoms with van der Waals surface area (Å²) in [5.74, 6) is -0.856. The number of benzene rings is 1. The van der Waals surface area contributed by atoms with Crippen LogP contribution in [-0.4, -0.2) is 47.9 Å². The van der Waals surface area contributed by atoms with E-state index in [0.717, 1.165) is 55.6 Å². The number of hydrogen-bond acceptors (Lipinski definition) is 4. The maximum Gasteiger partial charge on any atom is 0.416 e. The van der Waals surface area contributed by atoms with E-state index in [-0.39, 0.29) is 24.6 Å². The molecule has 4 rings (SSSR count). The van der Waals surface area contributed by atoms with Crippen LogP contribution in [0.5, 0.6) is 0 Å². The fourth-order valence-electron chi connectivity index (χ4n) is 5.02. The number of rotatable bonds is 5. The zero-order valence-electron chi connectivity index (χ0n) is 18.5. The Morgan fingerprint density at radius 1 is 1.03 bits per heavy atom. The molecule has 0 atom stereocenters. The van der Waals surface area contributed by atoms with E-state index in [1.807, 2.05) is 4.90 Å². The molecular formula is C23H29F3N4O3. The van der Waals surface area contributed by atoms with E-state index in [1.54, 1.807) is 0 Å². The van der Waals surface area contributed by atoms with E-state index in [9.17, 15) is 27.6 Å². The van der Waals surface area contributed by atoms with Gasteiger partial charge in [-0.1, -0.05) is 19.3 Å². The first-order valence-corrected chi connectivity index (χ1v) is 11.6. The van der Waals surface area contributed by atoms with Gasteiger partial charge in [0.05, 0.1) is 16.9 Å². The lowest BCUT2D eigenvalue weighted by Crippen LogP contribution is -2.48. The van der Waals surface area contributed by atoms with Gasteiger partial charge in [-0.3, -0.25) is 14.5 Å². The molecule has 4 amide bonds. The predicted octanol–water partition coefficient (Wildman–Crippen LogP) is 4.28. The molecule has 0 bridgehead atoms. The molecule has 2 N–H and O–H groups in total. The second-order valence-corrected chi connectivity index (χ2v) is 9.11. The van der Waals surface area contributed by atoms with Gasteiger partial charge in [-0.25, -0.2) is 4.79 Å². The summed E-state index contributed by atoms with van der Waals surface area (Å²) in [4.78, 5) is 40.9. The number of alkyl halides is 3. The van der Waals surface area contributed by atoms with Crippen molar-refractivity contribution in [2.24, 2.45) is 0 Å². The van der Waals surface area contributed by atoms with Crippen LogP contribution in [0, 0.1) is 0 Å². The van der Waals surface area contributed by atoms with E-state index in [1.165, 1.54) is 6.07 Å². The lowest BCUT2D eigenvalue weighted by atomic mass is 9.82. The van der Waals surface area contributed by atoms with E-state index in [0.29, 0.717) is 31.6 Å². The highest BCUT2D eigenvalue weighted by Crippen LogP contribution is 2.37. The summed E-state index contributed by atoms with van der Waals surface area (Å²) in [6.45, 7) is 1.30. The average molecular weight is 467 g/mol. The van der Waals surface area contributed by atoms with Crippen molar-refractivity contribution < 1.29 is 27.6 Å². The first-order chi connectivity index (χ1) is 15.7. The zero-order chi connectivity index (χ0) is 23.6. The Balaban J connectivity index is 1.45. The molecular weight excluding hydrogens is 437 g/mol. The van der Waals surface area contributed by atoms with Crippen LogP contribution in [0.2, 0.25) is 0 Å². The highest BCUT2D eigenvalue weighted by molar-refractivity contribution is 6.07. The Bertz CT molecular complexity index is 922. The normalized spacial score (nSPS) is 20.8. The van der Waals surface area contributed by atoms with Crippen LogP contribution in [0.3, 0.4) is 0 Å². The van der Waals surface area contributed by atoms with Crippen molar-refractivity contribution in [3.8, 4) is 0 Å². The van der Waals surface area contributed by atoms with Crippen LogP contribution >= 0.6 is 0 Å². The molecule has 3 aliphatic rings. The second-order valence-electron chi connectivity index (χ2n) is 9.11. The smallest absolute Gasteiger partial charge is 0.370 e. The molecule has 0 unspecified atom stereocenters. The van der Waals surface area contributed by atoms with E-state index < -0.39 is 29.2 Å². The summed E-state index contributed by atoms with van der Waals surface area (Å²) in [6, 6.07) is 2.86. The minimum Gasteiger partial charge on any atom is -0.370 e. The Morgan fingerprint density at radius 3 is 2.36 bits per heavy atom. The van der Waals surface area contributed by atoms with Crippen molar-refractivity contribution in [3.05, 3.63) is 23.8 Å². The fraction of sp³-hybridized carbons (Fsp3) is 0.609. The molecule has 1 spiro atoms. The van der Waals surface area contributed by atoms with Crippen LogP contribution < -0.4 is 15.5 Å². The monoisotopic (exact) mass is 466 g/mol. The summed E-state index contributed by atoms with van der Waals surface area (Å²) >= 11 is 0. The number of nitrogens with zero attached hydrogens (tertiary/aromatic N) is 2.